The number of ether oxygens (including phenoxy) is 2. The number of hydrogen-bond donors (Lipinski definition) is 2. The Morgan fingerprint density at radius 3 is 2.95 bits per heavy atom. The van der Waals surface area contributed by atoms with Crippen LogP contribution in [0.1, 0.15) is 93.6 Å². The van der Waals surface area contributed by atoms with Crippen LogP contribution in [0.25, 0.3) is 0 Å². The molecule has 7 heteroatoms. The number of likely N-dealkylation sites (N-methyl/N-ethyl adjacent to an activating group) is 1. The Hall–Kier alpha value is -2.64. The number of benzene rings is 1. The second-order valence-corrected chi connectivity index (χ2v) is 12.4. The molecule has 3 unspecified atom stereocenters. The van der Waals surface area contributed by atoms with Gasteiger partial charge in [0.1, 0.15) is 17.6 Å². The Morgan fingerprint density at radius 2 is 2.13 bits per heavy atom. The van der Waals surface area contributed by atoms with Crippen LogP contribution in [0.4, 0.5) is 5.82 Å². The van der Waals surface area contributed by atoms with Gasteiger partial charge in [-0.1, -0.05) is 39.0 Å². The molecule has 1 aromatic heterocycles. The monoisotopic (exact) mass is 535 g/mol. The van der Waals surface area contributed by atoms with E-state index in [0.717, 1.165) is 86.5 Å². The number of aliphatic carboxylic acids is 1. The van der Waals surface area contributed by atoms with Crippen molar-refractivity contribution >= 4 is 11.8 Å². The summed E-state index contributed by atoms with van der Waals surface area (Å²) < 4.78 is 12.4. The number of carboxylic acids is 1. The molecular weight excluding hydrogens is 490 g/mol. The van der Waals surface area contributed by atoms with Crippen LogP contribution in [-0.2, 0) is 22.4 Å². The van der Waals surface area contributed by atoms with E-state index in [4.69, 9.17) is 14.5 Å². The molecule has 4 atom stereocenters. The van der Waals surface area contributed by atoms with Gasteiger partial charge in [-0.15, -0.1) is 0 Å². The minimum atomic E-state index is -0.808. The quantitative estimate of drug-likeness (QED) is 0.362. The number of aryl methyl sites for hydroxylation is 2. The van der Waals surface area contributed by atoms with Gasteiger partial charge in [-0.2, -0.15) is 0 Å². The van der Waals surface area contributed by atoms with Gasteiger partial charge >= 0.3 is 5.97 Å². The number of pyridine rings is 1. The summed E-state index contributed by atoms with van der Waals surface area (Å²) in [5.74, 6) is 1.37. The molecule has 3 aliphatic rings. The first-order chi connectivity index (χ1) is 18.7. The molecule has 0 bridgehead atoms. The van der Waals surface area contributed by atoms with Crippen molar-refractivity contribution in [1.82, 2.24) is 9.88 Å². The summed E-state index contributed by atoms with van der Waals surface area (Å²) in [7, 11) is 1.97. The summed E-state index contributed by atoms with van der Waals surface area (Å²) in [4.78, 5) is 19.5. The molecule has 2 aliphatic heterocycles. The topological polar surface area (TPSA) is 83.9 Å². The zero-order chi connectivity index (χ0) is 27.6. The standard InChI is InChI=1S/C32H45N3O4/c1-21-15-18-38-26-12-7-11-25(28(21)26)29(31(36)37)35(4)24-19-27(32(2,3)20-24)39-17-6-5-10-23-14-13-22-9-8-16-33-30(22)34-23/h7,11-14,21,24,27,29H,5-6,8-10,15-20H2,1-4H3,(H,33,34)(H,36,37)/t21-,24?,27?,29?/m0/s1. The minimum absolute atomic E-state index is 0.0137. The van der Waals surface area contributed by atoms with Gasteiger partial charge < -0.3 is 19.9 Å². The maximum atomic E-state index is 12.7. The van der Waals surface area contributed by atoms with Gasteiger partial charge in [-0.25, -0.2) is 4.98 Å². The lowest BCUT2D eigenvalue weighted by Gasteiger charge is -2.34. The Labute approximate surface area is 233 Å². The van der Waals surface area contributed by atoms with E-state index in [1.807, 2.05) is 25.2 Å². The lowest BCUT2D eigenvalue weighted by molar-refractivity contribution is -0.144. The molecule has 5 rings (SSSR count). The van der Waals surface area contributed by atoms with E-state index in [9.17, 15) is 9.90 Å². The molecule has 2 aromatic rings. The number of rotatable bonds is 10. The maximum absolute atomic E-state index is 12.7. The molecule has 1 aliphatic carbocycles. The second-order valence-electron chi connectivity index (χ2n) is 12.4. The summed E-state index contributed by atoms with van der Waals surface area (Å²) in [6.07, 6.45) is 8.06. The fourth-order valence-corrected chi connectivity index (χ4v) is 6.81. The van der Waals surface area contributed by atoms with Crippen molar-refractivity contribution in [2.75, 3.05) is 32.1 Å². The highest BCUT2D eigenvalue weighted by Gasteiger charge is 2.45. The summed E-state index contributed by atoms with van der Waals surface area (Å²) >= 11 is 0. The number of carboxylic acid groups (broad SMARTS) is 1. The summed E-state index contributed by atoms with van der Waals surface area (Å²) in [6, 6.07) is 9.69. The average Bonchev–Trinajstić information content (AvgIpc) is 3.22. The van der Waals surface area contributed by atoms with E-state index in [1.54, 1.807) is 0 Å². The highest BCUT2D eigenvalue weighted by molar-refractivity contribution is 5.77. The molecule has 1 aromatic carbocycles. The number of nitrogens with zero attached hydrogens (tertiary/aromatic N) is 2. The van der Waals surface area contributed by atoms with Crippen molar-refractivity contribution in [1.29, 1.82) is 0 Å². The Morgan fingerprint density at radius 1 is 1.28 bits per heavy atom. The number of anilines is 1. The van der Waals surface area contributed by atoms with Gasteiger partial charge in [0.2, 0.25) is 0 Å². The second kappa shape index (κ2) is 11.8. The Kier molecular flexibility index (Phi) is 8.48. The highest BCUT2D eigenvalue weighted by atomic mass is 16.5. The van der Waals surface area contributed by atoms with Crippen molar-refractivity contribution in [3.05, 3.63) is 52.7 Å². The van der Waals surface area contributed by atoms with Crippen molar-refractivity contribution in [3.63, 3.8) is 0 Å². The third-order valence-electron chi connectivity index (χ3n) is 9.13. The van der Waals surface area contributed by atoms with Gasteiger partial charge in [0.15, 0.2) is 0 Å². The minimum Gasteiger partial charge on any atom is -0.493 e. The first-order valence-electron chi connectivity index (χ1n) is 14.8. The zero-order valence-electron chi connectivity index (χ0n) is 24.0. The molecule has 0 spiro atoms. The average molecular weight is 536 g/mol. The van der Waals surface area contributed by atoms with Crippen LogP contribution >= 0.6 is 0 Å². The predicted octanol–water partition coefficient (Wildman–Crippen LogP) is 5.98. The maximum Gasteiger partial charge on any atom is 0.325 e. The van der Waals surface area contributed by atoms with Crippen LogP contribution in [-0.4, -0.2) is 59.9 Å². The first-order valence-corrected chi connectivity index (χ1v) is 14.8. The number of fused-ring (bicyclic) bond motifs is 2. The van der Waals surface area contributed by atoms with E-state index in [1.165, 1.54) is 12.0 Å². The molecule has 1 saturated carbocycles. The van der Waals surface area contributed by atoms with Gasteiger partial charge in [0.25, 0.3) is 0 Å². The van der Waals surface area contributed by atoms with Crippen LogP contribution < -0.4 is 10.1 Å². The lowest BCUT2D eigenvalue weighted by atomic mass is 9.86. The van der Waals surface area contributed by atoms with E-state index < -0.39 is 12.0 Å². The zero-order valence-corrected chi connectivity index (χ0v) is 24.0. The third kappa shape index (κ3) is 6.09. The van der Waals surface area contributed by atoms with Crippen molar-refractivity contribution in [3.8, 4) is 5.75 Å². The number of unbranched alkanes of at least 4 members (excludes halogenated alkanes) is 1. The molecule has 7 nitrogen and oxygen atoms in total. The van der Waals surface area contributed by atoms with E-state index >= 15 is 0 Å². The molecule has 212 valence electrons. The smallest absolute Gasteiger partial charge is 0.325 e. The van der Waals surface area contributed by atoms with E-state index in [0.29, 0.717) is 6.61 Å². The summed E-state index contributed by atoms with van der Waals surface area (Å²) in [5, 5.41) is 13.8. The molecule has 1 fully saturated rings. The highest BCUT2D eigenvalue weighted by Crippen LogP contribution is 2.45. The summed E-state index contributed by atoms with van der Waals surface area (Å²) in [6.45, 7) is 9.10. The number of hydrogen-bond acceptors (Lipinski definition) is 6. The fourth-order valence-electron chi connectivity index (χ4n) is 6.81. The third-order valence-corrected chi connectivity index (χ3v) is 9.13. The van der Waals surface area contributed by atoms with Crippen LogP contribution in [0.3, 0.4) is 0 Å². The molecular formula is C32H45N3O4. The van der Waals surface area contributed by atoms with Crippen molar-refractivity contribution in [2.24, 2.45) is 5.41 Å². The van der Waals surface area contributed by atoms with E-state index in [2.05, 4.69) is 43.1 Å². The van der Waals surface area contributed by atoms with Crippen LogP contribution in [0.2, 0.25) is 0 Å². The fraction of sp³-hybridized carbons (Fsp3) is 0.625. The normalized spacial score (nSPS) is 24.4. The van der Waals surface area contributed by atoms with Gasteiger partial charge in [0, 0.05) is 30.5 Å². The number of carbonyl (C=O) groups is 1. The van der Waals surface area contributed by atoms with Gasteiger partial charge in [-0.3, -0.25) is 9.69 Å². The van der Waals surface area contributed by atoms with Crippen LogP contribution in [0, 0.1) is 5.41 Å². The molecule has 0 amide bonds. The number of aromatic nitrogens is 1. The summed E-state index contributed by atoms with van der Waals surface area (Å²) in [5.41, 5.74) is 4.38. The van der Waals surface area contributed by atoms with Gasteiger partial charge in [-0.05, 0) is 93.0 Å². The predicted molar refractivity (Wildman–Crippen MR) is 154 cm³/mol. The van der Waals surface area contributed by atoms with Crippen LogP contribution in [0.5, 0.6) is 5.75 Å². The van der Waals surface area contributed by atoms with Crippen molar-refractivity contribution < 1.29 is 19.4 Å². The molecule has 0 saturated heterocycles. The van der Waals surface area contributed by atoms with E-state index in [-0.39, 0.29) is 23.5 Å². The van der Waals surface area contributed by atoms with Crippen LogP contribution in [0.15, 0.2) is 30.3 Å². The van der Waals surface area contributed by atoms with Gasteiger partial charge in [0.05, 0.1) is 12.7 Å². The molecule has 39 heavy (non-hydrogen) atoms. The molecule has 0 radical (unpaired) electrons. The SMILES string of the molecule is C[C@H]1CCOc2cccc(C(C(=O)O)N(C)C3CC(OCCCCc4ccc5c(n4)NCCC5)C(C)(C)C3)c21. The molecule has 3 heterocycles. The Bertz CT molecular complexity index is 1170. The lowest BCUT2D eigenvalue weighted by Crippen LogP contribution is -2.39. The largest absolute Gasteiger partial charge is 0.493 e. The Balaban J connectivity index is 1.17. The molecule has 2 N–H and O–H groups in total. The number of nitrogens with one attached hydrogen (secondary N) is 1. The van der Waals surface area contributed by atoms with Crippen molar-refractivity contribution in [2.45, 2.75) is 96.2 Å². The first kappa shape index (κ1) is 27.9.